The molecular weight excluding hydrogens is 226 g/mol. The van der Waals surface area contributed by atoms with Gasteiger partial charge in [0.15, 0.2) is 0 Å². The highest BCUT2D eigenvalue weighted by Crippen LogP contribution is 2.29. The van der Waals surface area contributed by atoms with E-state index in [0.717, 1.165) is 30.4 Å². The minimum Gasteiger partial charge on any atom is -0.495 e. The monoisotopic (exact) mass is 249 g/mol. The summed E-state index contributed by atoms with van der Waals surface area (Å²) in [6.45, 7) is 6.76. The molecule has 0 radical (unpaired) electrons. The van der Waals surface area contributed by atoms with Crippen molar-refractivity contribution in [2.75, 3.05) is 44.3 Å². The van der Waals surface area contributed by atoms with Crippen LogP contribution in [-0.4, -0.2) is 38.2 Å². The average molecular weight is 249 g/mol. The van der Waals surface area contributed by atoms with Gasteiger partial charge < -0.3 is 20.7 Å². The van der Waals surface area contributed by atoms with Crippen molar-refractivity contribution in [1.29, 1.82) is 0 Å². The molecule has 3 N–H and O–H groups in total. The number of nitrogens with zero attached hydrogens (tertiary/aromatic N) is 1. The Hall–Kier alpha value is -1.42. The fourth-order valence-electron chi connectivity index (χ4n) is 2.50. The van der Waals surface area contributed by atoms with E-state index in [0.29, 0.717) is 5.69 Å². The van der Waals surface area contributed by atoms with Crippen LogP contribution >= 0.6 is 0 Å². The number of benzene rings is 1. The van der Waals surface area contributed by atoms with Gasteiger partial charge in [0.1, 0.15) is 5.75 Å². The third-order valence-electron chi connectivity index (χ3n) is 3.68. The maximum atomic E-state index is 6.03. The molecule has 0 bridgehead atoms. The van der Waals surface area contributed by atoms with Crippen LogP contribution < -0.4 is 15.8 Å². The van der Waals surface area contributed by atoms with Crippen molar-refractivity contribution in [3.05, 3.63) is 18.2 Å². The SMILES string of the molecule is CCN1CCC(CNc2cccc(OC)c2N)C1. The number of nitrogens with one attached hydrogen (secondary N) is 1. The highest BCUT2D eigenvalue weighted by molar-refractivity contribution is 5.72. The van der Waals surface area contributed by atoms with E-state index in [-0.39, 0.29) is 0 Å². The maximum absolute atomic E-state index is 6.03. The van der Waals surface area contributed by atoms with Gasteiger partial charge in [0, 0.05) is 13.1 Å². The highest BCUT2D eigenvalue weighted by Gasteiger charge is 2.20. The number of likely N-dealkylation sites (tertiary alicyclic amines) is 1. The zero-order chi connectivity index (χ0) is 13.0. The smallest absolute Gasteiger partial charge is 0.143 e. The molecule has 100 valence electrons. The van der Waals surface area contributed by atoms with E-state index in [1.54, 1.807) is 7.11 Å². The van der Waals surface area contributed by atoms with Crippen molar-refractivity contribution in [2.45, 2.75) is 13.3 Å². The fraction of sp³-hybridized carbons (Fsp3) is 0.571. The Morgan fingerprint density at radius 3 is 3.00 bits per heavy atom. The molecule has 0 aliphatic carbocycles. The summed E-state index contributed by atoms with van der Waals surface area (Å²) in [5, 5.41) is 3.44. The largest absolute Gasteiger partial charge is 0.495 e. The Balaban J connectivity index is 1.91. The van der Waals surface area contributed by atoms with Gasteiger partial charge in [-0.15, -0.1) is 0 Å². The first-order chi connectivity index (χ1) is 8.74. The zero-order valence-corrected chi connectivity index (χ0v) is 11.3. The summed E-state index contributed by atoms with van der Waals surface area (Å²) >= 11 is 0. The minimum atomic E-state index is 0.699. The molecule has 18 heavy (non-hydrogen) atoms. The lowest BCUT2D eigenvalue weighted by atomic mass is 10.1. The van der Waals surface area contributed by atoms with Crippen LogP contribution in [0.15, 0.2) is 18.2 Å². The number of nitrogens with two attached hydrogens (primary N) is 1. The number of nitrogen functional groups attached to an aromatic ring is 1. The summed E-state index contributed by atoms with van der Waals surface area (Å²) in [7, 11) is 1.64. The van der Waals surface area contributed by atoms with E-state index in [1.165, 1.54) is 19.5 Å². The van der Waals surface area contributed by atoms with E-state index in [1.807, 2.05) is 18.2 Å². The Morgan fingerprint density at radius 2 is 2.33 bits per heavy atom. The standard InChI is InChI=1S/C14H23N3O/c1-3-17-8-7-11(10-17)9-16-12-5-4-6-13(18-2)14(12)15/h4-6,11,16H,3,7-10,15H2,1-2H3. The predicted molar refractivity (Wildman–Crippen MR) is 76.1 cm³/mol. The molecule has 2 rings (SSSR count). The molecule has 1 aliphatic rings. The van der Waals surface area contributed by atoms with Gasteiger partial charge in [-0.2, -0.15) is 0 Å². The van der Waals surface area contributed by atoms with Gasteiger partial charge in [-0.05, 0) is 37.6 Å². The molecule has 4 heteroatoms. The number of methoxy groups -OCH3 is 1. The van der Waals surface area contributed by atoms with Gasteiger partial charge in [0.25, 0.3) is 0 Å². The van der Waals surface area contributed by atoms with Crippen molar-refractivity contribution < 1.29 is 4.74 Å². The van der Waals surface area contributed by atoms with Crippen molar-refractivity contribution >= 4 is 11.4 Å². The lowest BCUT2D eigenvalue weighted by Gasteiger charge is -2.16. The molecule has 1 atom stereocenters. The van der Waals surface area contributed by atoms with E-state index >= 15 is 0 Å². The summed E-state index contributed by atoms with van der Waals surface area (Å²) in [6.07, 6.45) is 1.27. The second kappa shape index (κ2) is 5.96. The molecule has 0 aromatic heterocycles. The first kappa shape index (κ1) is 13.0. The Bertz CT molecular complexity index is 395. The van der Waals surface area contributed by atoms with Crippen LogP contribution in [0.1, 0.15) is 13.3 Å². The van der Waals surface area contributed by atoms with E-state index < -0.39 is 0 Å². The van der Waals surface area contributed by atoms with Crippen molar-refractivity contribution in [3.8, 4) is 5.75 Å². The second-order valence-electron chi connectivity index (χ2n) is 4.85. The van der Waals surface area contributed by atoms with E-state index in [4.69, 9.17) is 10.5 Å². The predicted octanol–water partition coefficient (Wildman–Crippen LogP) is 2.03. The molecule has 4 nitrogen and oxygen atoms in total. The molecular formula is C14H23N3O. The van der Waals surface area contributed by atoms with Crippen LogP contribution in [0.4, 0.5) is 11.4 Å². The van der Waals surface area contributed by atoms with Gasteiger partial charge in [0.2, 0.25) is 0 Å². The third kappa shape index (κ3) is 2.88. The highest BCUT2D eigenvalue weighted by atomic mass is 16.5. The first-order valence-electron chi connectivity index (χ1n) is 6.63. The van der Waals surface area contributed by atoms with Gasteiger partial charge in [-0.25, -0.2) is 0 Å². The van der Waals surface area contributed by atoms with Crippen molar-refractivity contribution in [3.63, 3.8) is 0 Å². The molecule has 1 aromatic rings. The van der Waals surface area contributed by atoms with Crippen LogP contribution in [0, 0.1) is 5.92 Å². The normalized spacial score (nSPS) is 20.0. The number of para-hydroxylation sites is 1. The van der Waals surface area contributed by atoms with Crippen molar-refractivity contribution in [1.82, 2.24) is 4.90 Å². The van der Waals surface area contributed by atoms with Gasteiger partial charge in [-0.3, -0.25) is 0 Å². The number of anilines is 2. The summed E-state index contributed by atoms with van der Waals surface area (Å²) in [4.78, 5) is 2.49. The van der Waals surface area contributed by atoms with Crippen molar-refractivity contribution in [2.24, 2.45) is 5.92 Å². The minimum absolute atomic E-state index is 0.699. The molecule has 1 unspecified atom stereocenters. The molecule has 0 spiro atoms. The van der Waals surface area contributed by atoms with Crippen LogP contribution in [-0.2, 0) is 0 Å². The number of rotatable bonds is 5. The maximum Gasteiger partial charge on any atom is 0.143 e. The summed E-state index contributed by atoms with van der Waals surface area (Å²) < 4.78 is 5.22. The molecule has 0 amide bonds. The van der Waals surface area contributed by atoms with Crippen LogP contribution in [0.3, 0.4) is 0 Å². The van der Waals surface area contributed by atoms with Crippen LogP contribution in [0.5, 0.6) is 5.75 Å². The molecule has 1 saturated heterocycles. The number of ether oxygens (including phenoxy) is 1. The second-order valence-corrected chi connectivity index (χ2v) is 4.85. The lowest BCUT2D eigenvalue weighted by molar-refractivity contribution is 0.345. The molecule has 1 aromatic carbocycles. The van der Waals surface area contributed by atoms with Crippen LogP contribution in [0.25, 0.3) is 0 Å². The molecule has 1 fully saturated rings. The molecule has 1 aliphatic heterocycles. The lowest BCUT2D eigenvalue weighted by Crippen LogP contribution is -2.22. The van der Waals surface area contributed by atoms with Crippen LogP contribution in [0.2, 0.25) is 0 Å². The van der Waals surface area contributed by atoms with E-state index in [2.05, 4.69) is 17.1 Å². The fourth-order valence-corrected chi connectivity index (χ4v) is 2.50. The zero-order valence-electron chi connectivity index (χ0n) is 11.3. The van der Waals surface area contributed by atoms with Gasteiger partial charge in [0.05, 0.1) is 18.5 Å². The Labute approximate surface area is 109 Å². The number of hydrogen-bond donors (Lipinski definition) is 2. The summed E-state index contributed by atoms with van der Waals surface area (Å²) in [5.74, 6) is 1.46. The summed E-state index contributed by atoms with van der Waals surface area (Å²) in [6, 6.07) is 5.85. The molecule has 1 heterocycles. The van der Waals surface area contributed by atoms with E-state index in [9.17, 15) is 0 Å². The Kier molecular flexibility index (Phi) is 4.31. The Morgan fingerprint density at radius 1 is 1.50 bits per heavy atom. The molecule has 0 saturated carbocycles. The first-order valence-corrected chi connectivity index (χ1v) is 6.63. The third-order valence-corrected chi connectivity index (χ3v) is 3.68. The quantitative estimate of drug-likeness (QED) is 0.784. The van der Waals surface area contributed by atoms with Gasteiger partial charge >= 0.3 is 0 Å². The summed E-state index contributed by atoms with van der Waals surface area (Å²) in [5.41, 5.74) is 7.71. The number of hydrogen-bond acceptors (Lipinski definition) is 4. The average Bonchev–Trinajstić information content (AvgIpc) is 2.85. The van der Waals surface area contributed by atoms with Gasteiger partial charge in [-0.1, -0.05) is 13.0 Å². The topological polar surface area (TPSA) is 50.5 Å².